The zero-order valence-electron chi connectivity index (χ0n) is 16.8. The van der Waals surface area contributed by atoms with Crippen molar-refractivity contribution in [1.82, 2.24) is 5.16 Å². The van der Waals surface area contributed by atoms with Crippen molar-refractivity contribution in [3.05, 3.63) is 35.0 Å². The lowest BCUT2D eigenvalue weighted by atomic mass is 10.0. The fourth-order valence-electron chi connectivity index (χ4n) is 2.92. The van der Waals surface area contributed by atoms with E-state index in [2.05, 4.69) is 44.1 Å². The van der Waals surface area contributed by atoms with Crippen molar-refractivity contribution in [3.8, 4) is 17.1 Å². The van der Waals surface area contributed by atoms with E-state index in [4.69, 9.17) is 14.0 Å². The summed E-state index contributed by atoms with van der Waals surface area (Å²) in [6.45, 7) is 13.0. The van der Waals surface area contributed by atoms with E-state index in [1.54, 1.807) is 0 Å². The van der Waals surface area contributed by atoms with E-state index in [-0.39, 0.29) is 12.2 Å². The second-order valence-electron chi connectivity index (χ2n) is 6.51. The van der Waals surface area contributed by atoms with E-state index < -0.39 is 0 Å². The van der Waals surface area contributed by atoms with Crippen LogP contribution in [0.15, 0.2) is 22.7 Å². The van der Waals surface area contributed by atoms with Crippen LogP contribution in [0.5, 0.6) is 5.75 Å². The number of rotatable bonds is 7. The topological polar surface area (TPSA) is 44.5 Å². The number of ether oxygens (including phenoxy) is 2. The maximum Gasteiger partial charge on any atom is 0.171 e. The first-order chi connectivity index (χ1) is 12.5. The highest BCUT2D eigenvalue weighted by atomic mass is 32.2. The Morgan fingerprint density at radius 2 is 2.00 bits per heavy atom. The van der Waals surface area contributed by atoms with Gasteiger partial charge in [-0.15, -0.1) is 0 Å². The maximum atomic E-state index is 5.79. The number of nitrogens with zero attached hydrogens (tertiary/aromatic N) is 1. The minimum Gasteiger partial charge on any atom is -0.493 e. The molecule has 1 aliphatic heterocycles. The summed E-state index contributed by atoms with van der Waals surface area (Å²) in [7, 11) is 0. The zero-order valence-corrected chi connectivity index (χ0v) is 17.6. The van der Waals surface area contributed by atoms with Crippen molar-refractivity contribution >= 4 is 11.8 Å². The first-order valence-corrected chi connectivity index (χ1v) is 10.6. The molecule has 2 heterocycles. The molecule has 0 radical (unpaired) electrons. The van der Waals surface area contributed by atoms with Crippen molar-refractivity contribution in [2.45, 2.75) is 65.9 Å². The summed E-state index contributed by atoms with van der Waals surface area (Å²) >= 11 is 1.85. The van der Waals surface area contributed by atoms with Crippen molar-refractivity contribution in [3.63, 3.8) is 0 Å². The van der Waals surface area contributed by atoms with Crippen LogP contribution in [-0.4, -0.2) is 29.7 Å². The fourth-order valence-corrected chi connectivity index (χ4v) is 4.00. The molecular weight excluding hydrogens is 346 g/mol. The summed E-state index contributed by atoms with van der Waals surface area (Å²) in [5.41, 5.74) is 4.43. The van der Waals surface area contributed by atoms with E-state index >= 15 is 0 Å². The number of aromatic nitrogens is 1. The summed E-state index contributed by atoms with van der Waals surface area (Å²) in [5.74, 6) is 3.65. The molecule has 0 bridgehead atoms. The first kappa shape index (κ1) is 20.8. The Labute approximate surface area is 161 Å². The number of fused-ring (bicyclic) bond motifs is 1. The highest BCUT2D eigenvalue weighted by molar-refractivity contribution is 7.98. The molecule has 2 aromatic rings. The third-order valence-electron chi connectivity index (χ3n) is 4.05. The molecule has 0 saturated carbocycles. The van der Waals surface area contributed by atoms with Gasteiger partial charge in [0.2, 0.25) is 0 Å². The number of aryl methyl sites for hydroxylation is 1. The van der Waals surface area contributed by atoms with Gasteiger partial charge in [-0.1, -0.05) is 31.1 Å². The van der Waals surface area contributed by atoms with Crippen LogP contribution in [0.1, 0.15) is 51.4 Å². The van der Waals surface area contributed by atoms with Crippen molar-refractivity contribution in [1.29, 1.82) is 0 Å². The van der Waals surface area contributed by atoms with Gasteiger partial charge in [-0.3, -0.25) is 0 Å². The molecule has 1 unspecified atom stereocenters. The quantitative estimate of drug-likeness (QED) is 0.623. The maximum absolute atomic E-state index is 5.79. The smallest absolute Gasteiger partial charge is 0.171 e. The molecule has 1 atom stereocenters. The van der Waals surface area contributed by atoms with Gasteiger partial charge in [-0.05, 0) is 39.3 Å². The molecule has 1 aromatic heterocycles. The molecule has 0 spiro atoms. The standard InChI is InChI=1S/C19H25NO3S.C2H6/c1-12(2)22-13(3)10-24-11-17-14(4)20-23-19(17)16-6-5-15-7-8-21-18(15)9-16;1-2/h5-6,9,12-13H,7-8,10-11H2,1-4H3;1-2H3. The monoisotopic (exact) mass is 377 g/mol. The Hall–Kier alpha value is -1.46. The van der Waals surface area contributed by atoms with Gasteiger partial charge in [0.05, 0.1) is 24.5 Å². The van der Waals surface area contributed by atoms with E-state index in [9.17, 15) is 0 Å². The van der Waals surface area contributed by atoms with Gasteiger partial charge < -0.3 is 14.0 Å². The highest BCUT2D eigenvalue weighted by Gasteiger charge is 2.19. The van der Waals surface area contributed by atoms with Crippen LogP contribution < -0.4 is 4.74 Å². The third kappa shape index (κ3) is 5.27. The van der Waals surface area contributed by atoms with E-state index in [0.29, 0.717) is 0 Å². The number of hydrogen-bond donors (Lipinski definition) is 0. The Kier molecular flexibility index (Phi) is 8.04. The predicted molar refractivity (Wildman–Crippen MR) is 109 cm³/mol. The first-order valence-electron chi connectivity index (χ1n) is 9.49. The molecule has 0 fully saturated rings. The average molecular weight is 378 g/mol. The second kappa shape index (κ2) is 10.0. The Morgan fingerprint density at radius 1 is 1.23 bits per heavy atom. The molecule has 144 valence electrons. The van der Waals surface area contributed by atoms with E-state index in [1.807, 2.05) is 32.5 Å². The number of hydrogen-bond acceptors (Lipinski definition) is 5. The highest BCUT2D eigenvalue weighted by Crippen LogP contribution is 2.34. The van der Waals surface area contributed by atoms with Crippen LogP contribution in [0.25, 0.3) is 11.3 Å². The summed E-state index contributed by atoms with van der Waals surface area (Å²) in [6.07, 6.45) is 1.49. The fraction of sp³-hybridized carbons (Fsp3) is 0.571. The lowest BCUT2D eigenvalue weighted by Crippen LogP contribution is -2.16. The molecule has 0 saturated heterocycles. The van der Waals surface area contributed by atoms with Crippen molar-refractivity contribution in [2.24, 2.45) is 0 Å². The molecule has 26 heavy (non-hydrogen) atoms. The summed E-state index contributed by atoms with van der Waals surface area (Å²) in [4.78, 5) is 0. The average Bonchev–Trinajstić information content (AvgIpc) is 3.22. The van der Waals surface area contributed by atoms with Crippen LogP contribution in [0.2, 0.25) is 0 Å². The minimum atomic E-state index is 0.243. The lowest BCUT2D eigenvalue weighted by molar-refractivity contribution is 0.0327. The number of thioether (sulfide) groups is 1. The zero-order chi connectivity index (χ0) is 19.1. The molecule has 0 aliphatic carbocycles. The Balaban J connectivity index is 0.00000117. The summed E-state index contributed by atoms with van der Waals surface area (Å²) < 4.78 is 17.1. The molecule has 3 rings (SSSR count). The van der Waals surface area contributed by atoms with Gasteiger partial charge in [0, 0.05) is 29.1 Å². The lowest BCUT2D eigenvalue weighted by Gasteiger charge is -2.15. The van der Waals surface area contributed by atoms with Crippen molar-refractivity contribution < 1.29 is 14.0 Å². The van der Waals surface area contributed by atoms with Crippen LogP contribution in [0, 0.1) is 6.92 Å². The van der Waals surface area contributed by atoms with Crippen LogP contribution in [0.4, 0.5) is 0 Å². The molecule has 1 aromatic carbocycles. The molecule has 5 heteroatoms. The van der Waals surface area contributed by atoms with Crippen LogP contribution >= 0.6 is 11.8 Å². The van der Waals surface area contributed by atoms with Crippen LogP contribution in [-0.2, 0) is 16.9 Å². The van der Waals surface area contributed by atoms with Gasteiger partial charge in [0.15, 0.2) is 5.76 Å². The van der Waals surface area contributed by atoms with Gasteiger partial charge >= 0.3 is 0 Å². The van der Waals surface area contributed by atoms with E-state index in [1.165, 1.54) is 5.56 Å². The summed E-state index contributed by atoms with van der Waals surface area (Å²) in [5, 5.41) is 4.17. The van der Waals surface area contributed by atoms with Crippen LogP contribution in [0.3, 0.4) is 0 Å². The Bertz CT molecular complexity index is 697. The molecule has 1 aliphatic rings. The second-order valence-corrected chi connectivity index (χ2v) is 7.54. The van der Waals surface area contributed by atoms with Gasteiger partial charge in [-0.25, -0.2) is 0 Å². The molecule has 4 nitrogen and oxygen atoms in total. The normalized spacial score (nSPS) is 13.8. The third-order valence-corrected chi connectivity index (χ3v) is 5.24. The molecular formula is C21H31NO3S. The van der Waals surface area contributed by atoms with Crippen molar-refractivity contribution in [2.75, 3.05) is 12.4 Å². The molecule has 0 amide bonds. The van der Waals surface area contributed by atoms with Gasteiger partial charge in [0.1, 0.15) is 5.75 Å². The Morgan fingerprint density at radius 3 is 2.73 bits per heavy atom. The van der Waals surface area contributed by atoms with Gasteiger partial charge in [-0.2, -0.15) is 11.8 Å². The van der Waals surface area contributed by atoms with Gasteiger partial charge in [0.25, 0.3) is 0 Å². The largest absolute Gasteiger partial charge is 0.493 e. The minimum absolute atomic E-state index is 0.243. The summed E-state index contributed by atoms with van der Waals surface area (Å²) in [6, 6.07) is 6.30. The molecule has 0 N–H and O–H groups in total. The predicted octanol–water partition coefficient (Wildman–Crippen LogP) is 5.66. The SMILES string of the molecule is CC.Cc1noc(-c2ccc3c(c2)OCC3)c1CSCC(C)OC(C)C. The van der Waals surface area contributed by atoms with E-state index in [0.717, 1.165) is 52.9 Å². The number of benzene rings is 1.